The quantitative estimate of drug-likeness (QED) is 0.792. The van der Waals surface area contributed by atoms with E-state index in [4.69, 9.17) is 9.47 Å². The maximum atomic E-state index is 12.4. The molecule has 4 nitrogen and oxygen atoms in total. The maximum absolute atomic E-state index is 12.4. The molecule has 3 aliphatic heterocycles. The zero-order valence-corrected chi connectivity index (χ0v) is 13.5. The van der Waals surface area contributed by atoms with Crippen LogP contribution in [0.4, 0.5) is 0 Å². The van der Waals surface area contributed by atoms with Crippen LogP contribution in [0.5, 0.6) is 5.75 Å². The fourth-order valence-corrected chi connectivity index (χ4v) is 6.10. The van der Waals surface area contributed by atoms with Crippen LogP contribution in [0.2, 0.25) is 0 Å². The lowest BCUT2D eigenvalue weighted by molar-refractivity contribution is 0.218. The average Bonchev–Trinajstić information content (AvgIpc) is 3.31. The third-order valence-electron chi connectivity index (χ3n) is 4.56. The van der Waals surface area contributed by atoms with Gasteiger partial charge in [-0.1, -0.05) is 29.5 Å². The van der Waals surface area contributed by atoms with E-state index < -0.39 is 0 Å². The van der Waals surface area contributed by atoms with E-state index in [0.717, 1.165) is 29.7 Å². The van der Waals surface area contributed by atoms with Gasteiger partial charge in [0.2, 0.25) is 0 Å². The Morgan fingerprint density at radius 1 is 1.27 bits per heavy atom. The topological polar surface area (TPSA) is 43.8 Å². The average molecular weight is 333 g/mol. The number of ether oxygens (including phenoxy) is 2. The van der Waals surface area contributed by atoms with E-state index in [1.807, 2.05) is 16.7 Å². The van der Waals surface area contributed by atoms with Crippen LogP contribution >= 0.6 is 23.1 Å². The van der Waals surface area contributed by atoms with Crippen molar-refractivity contribution in [2.75, 3.05) is 19.0 Å². The SMILES string of the molecule is O=c1sc2c(n1C[C@@H]1CO1)SC[C@@H]1COc3ccccc3[C@@H]21. The lowest BCUT2D eigenvalue weighted by Gasteiger charge is -2.36. The number of aromatic nitrogens is 1. The molecule has 22 heavy (non-hydrogen) atoms. The molecule has 2 aromatic rings. The molecular weight excluding hydrogens is 318 g/mol. The zero-order valence-electron chi connectivity index (χ0n) is 11.9. The van der Waals surface area contributed by atoms with E-state index in [-0.39, 0.29) is 11.0 Å². The summed E-state index contributed by atoms with van der Waals surface area (Å²) in [6.45, 7) is 2.23. The number of nitrogens with zero attached hydrogens (tertiary/aromatic N) is 1. The highest BCUT2D eigenvalue weighted by atomic mass is 32.2. The van der Waals surface area contributed by atoms with Crippen LogP contribution in [0, 0.1) is 5.92 Å². The Labute approximate surface area is 136 Å². The van der Waals surface area contributed by atoms with Gasteiger partial charge in [0.1, 0.15) is 5.75 Å². The van der Waals surface area contributed by atoms with Crippen LogP contribution in [-0.2, 0) is 11.3 Å². The summed E-state index contributed by atoms with van der Waals surface area (Å²) >= 11 is 3.22. The van der Waals surface area contributed by atoms with Crippen molar-refractivity contribution in [3.05, 3.63) is 44.4 Å². The second-order valence-corrected chi connectivity index (χ2v) is 8.00. The minimum absolute atomic E-state index is 0.151. The molecule has 0 spiro atoms. The van der Waals surface area contributed by atoms with Gasteiger partial charge in [-0.15, -0.1) is 11.8 Å². The summed E-state index contributed by atoms with van der Waals surface area (Å²) in [7, 11) is 0. The third-order valence-corrected chi connectivity index (χ3v) is 7.06. The number of thioether (sulfide) groups is 1. The number of hydrogen-bond acceptors (Lipinski definition) is 5. The predicted molar refractivity (Wildman–Crippen MR) is 86.3 cm³/mol. The molecule has 3 aliphatic rings. The highest BCUT2D eigenvalue weighted by Gasteiger charge is 2.40. The molecular formula is C16H15NO3S2. The molecule has 0 unspecified atom stereocenters. The Bertz CT molecular complexity index is 793. The molecule has 0 amide bonds. The van der Waals surface area contributed by atoms with Gasteiger partial charge in [-0.05, 0) is 6.07 Å². The van der Waals surface area contributed by atoms with Gasteiger partial charge in [-0.3, -0.25) is 9.36 Å². The molecule has 0 N–H and O–H groups in total. The highest BCUT2D eigenvalue weighted by molar-refractivity contribution is 7.99. The number of epoxide rings is 1. The first-order valence-corrected chi connectivity index (χ1v) is 9.31. The van der Waals surface area contributed by atoms with E-state index in [1.165, 1.54) is 21.8 Å². The molecule has 1 aromatic heterocycles. The lowest BCUT2D eigenvalue weighted by Crippen LogP contribution is -2.31. The largest absolute Gasteiger partial charge is 0.493 e. The van der Waals surface area contributed by atoms with Gasteiger partial charge in [0, 0.05) is 28.0 Å². The van der Waals surface area contributed by atoms with Crippen molar-refractivity contribution in [3.8, 4) is 5.75 Å². The van der Waals surface area contributed by atoms with Crippen molar-refractivity contribution in [1.29, 1.82) is 0 Å². The van der Waals surface area contributed by atoms with E-state index in [2.05, 4.69) is 12.1 Å². The monoisotopic (exact) mass is 333 g/mol. The van der Waals surface area contributed by atoms with Gasteiger partial charge in [0.15, 0.2) is 0 Å². The number of para-hydroxylation sites is 1. The zero-order chi connectivity index (χ0) is 14.7. The first-order valence-electron chi connectivity index (χ1n) is 7.51. The Hall–Kier alpha value is -1.24. The summed E-state index contributed by atoms with van der Waals surface area (Å²) < 4.78 is 13.1. The smallest absolute Gasteiger partial charge is 0.308 e. The Balaban J connectivity index is 1.65. The van der Waals surface area contributed by atoms with E-state index in [9.17, 15) is 4.79 Å². The molecule has 1 aromatic carbocycles. The van der Waals surface area contributed by atoms with Gasteiger partial charge < -0.3 is 9.47 Å². The fraction of sp³-hybridized carbons (Fsp3) is 0.438. The molecule has 4 heterocycles. The molecule has 5 rings (SSSR count). The molecule has 114 valence electrons. The van der Waals surface area contributed by atoms with Crippen LogP contribution in [0.25, 0.3) is 0 Å². The summed E-state index contributed by atoms with van der Waals surface area (Å²) in [5.41, 5.74) is 1.23. The molecule has 6 heteroatoms. The van der Waals surface area contributed by atoms with E-state index in [0.29, 0.717) is 18.4 Å². The van der Waals surface area contributed by atoms with Crippen LogP contribution < -0.4 is 9.61 Å². The minimum Gasteiger partial charge on any atom is -0.493 e. The van der Waals surface area contributed by atoms with Crippen molar-refractivity contribution in [1.82, 2.24) is 4.57 Å². The van der Waals surface area contributed by atoms with Gasteiger partial charge in [-0.2, -0.15) is 0 Å². The van der Waals surface area contributed by atoms with Crippen molar-refractivity contribution < 1.29 is 9.47 Å². The summed E-state index contributed by atoms with van der Waals surface area (Å²) in [5.74, 6) is 2.74. The maximum Gasteiger partial charge on any atom is 0.308 e. The lowest BCUT2D eigenvalue weighted by atomic mass is 9.84. The Kier molecular flexibility index (Phi) is 2.93. The molecule has 0 saturated carbocycles. The number of fused-ring (bicyclic) bond motifs is 5. The number of benzene rings is 1. The van der Waals surface area contributed by atoms with Crippen LogP contribution in [-0.4, -0.2) is 29.6 Å². The van der Waals surface area contributed by atoms with Crippen molar-refractivity contribution >= 4 is 23.1 Å². The summed E-state index contributed by atoms with van der Waals surface area (Å²) in [6.07, 6.45) is 0.233. The Morgan fingerprint density at radius 3 is 3.00 bits per heavy atom. The molecule has 0 bridgehead atoms. The van der Waals surface area contributed by atoms with Crippen molar-refractivity contribution in [2.24, 2.45) is 5.92 Å². The van der Waals surface area contributed by atoms with E-state index >= 15 is 0 Å². The summed E-state index contributed by atoms with van der Waals surface area (Å²) in [4.78, 5) is 13.8. The number of rotatable bonds is 2. The van der Waals surface area contributed by atoms with Gasteiger partial charge in [0.25, 0.3) is 0 Å². The normalized spacial score (nSPS) is 28.3. The third kappa shape index (κ3) is 1.97. The first-order chi connectivity index (χ1) is 10.8. The molecule has 3 atom stereocenters. The number of thiazole rings is 1. The molecule has 0 radical (unpaired) electrons. The molecule has 1 fully saturated rings. The molecule has 0 aliphatic carbocycles. The number of hydrogen-bond donors (Lipinski definition) is 0. The van der Waals surface area contributed by atoms with Gasteiger partial charge >= 0.3 is 4.87 Å². The predicted octanol–water partition coefficient (Wildman–Crippen LogP) is 2.55. The van der Waals surface area contributed by atoms with Crippen LogP contribution in [0.3, 0.4) is 0 Å². The van der Waals surface area contributed by atoms with Gasteiger partial charge in [0.05, 0.1) is 30.9 Å². The molecule has 1 saturated heterocycles. The van der Waals surface area contributed by atoms with Crippen molar-refractivity contribution in [2.45, 2.75) is 23.6 Å². The van der Waals surface area contributed by atoms with Crippen LogP contribution in [0.1, 0.15) is 16.4 Å². The summed E-state index contributed by atoms with van der Waals surface area (Å²) in [6, 6.07) is 8.24. The first kappa shape index (κ1) is 13.2. The second kappa shape index (κ2) is 4.88. The standard InChI is InChI=1S/C16H15NO3S2/c18-16-17(5-10-7-19-10)15-14(22-16)13-9(8-21-15)6-20-12-4-2-1-3-11(12)13/h1-4,9-10,13H,5-8H2/t9-,10+,13-/m0/s1. The van der Waals surface area contributed by atoms with Crippen molar-refractivity contribution in [3.63, 3.8) is 0 Å². The fourth-order valence-electron chi connectivity index (χ4n) is 3.39. The van der Waals surface area contributed by atoms with E-state index in [1.54, 1.807) is 11.8 Å². The Morgan fingerprint density at radius 2 is 2.14 bits per heavy atom. The minimum atomic E-state index is 0.151. The van der Waals surface area contributed by atoms with Gasteiger partial charge in [-0.25, -0.2) is 0 Å². The highest BCUT2D eigenvalue weighted by Crippen LogP contribution is 2.50. The van der Waals surface area contributed by atoms with Crippen LogP contribution in [0.15, 0.2) is 34.1 Å². The second-order valence-electron chi connectivity index (χ2n) is 6.00. The summed E-state index contributed by atoms with van der Waals surface area (Å²) in [5, 5.41) is 1.16.